The van der Waals surface area contributed by atoms with Crippen molar-refractivity contribution in [3.05, 3.63) is 88.0 Å². The fourth-order valence-electron chi connectivity index (χ4n) is 3.07. The summed E-state index contributed by atoms with van der Waals surface area (Å²) in [7, 11) is 0. The summed E-state index contributed by atoms with van der Waals surface area (Å²) in [6.07, 6.45) is 7.99. The van der Waals surface area contributed by atoms with Crippen LogP contribution >= 0.6 is 11.6 Å². The van der Waals surface area contributed by atoms with E-state index in [0.717, 1.165) is 33.3 Å². The minimum Gasteiger partial charge on any atom is -0.346 e. The van der Waals surface area contributed by atoms with E-state index in [0.29, 0.717) is 23.6 Å². The van der Waals surface area contributed by atoms with E-state index in [1.807, 2.05) is 31.5 Å². The Hall–Kier alpha value is -2.79. The molecule has 0 fully saturated rings. The molecule has 0 aliphatic heterocycles. The average Bonchev–Trinajstić information content (AvgIpc) is 3.00. The number of aromatic nitrogens is 4. The SMILES string of the molecule is Cc1cnc2[nH]cc(Cc3cc(Cc4ccnc(Cl)c4)cnc3F)c2c1. The average molecular weight is 367 g/mol. The number of H-pyrrole nitrogens is 1. The van der Waals surface area contributed by atoms with Gasteiger partial charge in [0.1, 0.15) is 10.8 Å². The van der Waals surface area contributed by atoms with Crippen LogP contribution in [-0.2, 0) is 12.8 Å². The molecule has 0 spiro atoms. The Balaban J connectivity index is 1.64. The van der Waals surface area contributed by atoms with Crippen LogP contribution in [0.3, 0.4) is 0 Å². The lowest BCUT2D eigenvalue weighted by atomic mass is 10.0. The van der Waals surface area contributed by atoms with Gasteiger partial charge in [0, 0.05) is 42.2 Å². The van der Waals surface area contributed by atoms with E-state index in [1.165, 1.54) is 0 Å². The molecular formula is C20H16ClFN4. The summed E-state index contributed by atoms with van der Waals surface area (Å²) in [5.74, 6) is -0.448. The van der Waals surface area contributed by atoms with Crippen molar-refractivity contribution in [2.45, 2.75) is 19.8 Å². The molecule has 26 heavy (non-hydrogen) atoms. The van der Waals surface area contributed by atoms with Gasteiger partial charge in [0.25, 0.3) is 0 Å². The highest BCUT2D eigenvalue weighted by Crippen LogP contribution is 2.22. The van der Waals surface area contributed by atoms with Crippen LogP contribution in [0.5, 0.6) is 0 Å². The van der Waals surface area contributed by atoms with Crippen molar-refractivity contribution in [2.75, 3.05) is 0 Å². The van der Waals surface area contributed by atoms with Crippen molar-refractivity contribution in [2.24, 2.45) is 0 Å². The second-order valence-corrected chi connectivity index (χ2v) is 6.74. The highest BCUT2D eigenvalue weighted by atomic mass is 35.5. The predicted molar refractivity (Wildman–Crippen MR) is 99.9 cm³/mol. The number of hydrogen-bond acceptors (Lipinski definition) is 3. The molecule has 0 aliphatic rings. The lowest BCUT2D eigenvalue weighted by Gasteiger charge is -2.07. The van der Waals surface area contributed by atoms with Crippen molar-refractivity contribution >= 4 is 22.6 Å². The van der Waals surface area contributed by atoms with Gasteiger partial charge in [-0.3, -0.25) is 0 Å². The van der Waals surface area contributed by atoms with Gasteiger partial charge in [0.2, 0.25) is 5.95 Å². The summed E-state index contributed by atoms with van der Waals surface area (Å²) in [5.41, 5.74) is 5.38. The maximum atomic E-state index is 14.3. The van der Waals surface area contributed by atoms with Gasteiger partial charge in [-0.15, -0.1) is 0 Å². The summed E-state index contributed by atoms with van der Waals surface area (Å²) in [4.78, 5) is 15.4. The van der Waals surface area contributed by atoms with E-state index in [4.69, 9.17) is 11.6 Å². The van der Waals surface area contributed by atoms with Crippen molar-refractivity contribution in [1.82, 2.24) is 19.9 Å². The third kappa shape index (κ3) is 3.44. The van der Waals surface area contributed by atoms with E-state index in [2.05, 4.69) is 26.0 Å². The quantitative estimate of drug-likeness (QED) is 0.535. The Kier molecular flexibility index (Phi) is 4.39. The van der Waals surface area contributed by atoms with Gasteiger partial charge in [-0.25, -0.2) is 15.0 Å². The number of halogens is 2. The number of hydrogen-bond donors (Lipinski definition) is 1. The van der Waals surface area contributed by atoms with E-state index in [-0.39, 0.29) is 0 Å². The molecule has 1 N–H and O–H groups in total. The van der Waals surface area contributed by atoms with Gasteiger partial charge in [-0.05, 0) is 59.9 Å². The number of rotatable bonds is 4. The van der Waals surface area contributed by atoms with Crippen molar-refractivity contribution in [1.29, 1.82) is 0 Å². The van der Waals surface area contributed by atoms with Crippen LogP contribution in [0.25, 0.3) is 11.0 Å². The van der Waals surface area contributed by atoms with Crippen LogP contribution in [0.1, 0.15) is 27.8 Å². The fraction of sp³-hybridized carbons (Fsp3) is 0.150. The molecule has 4 heterocycles. The van der Waals surface area contributed by atoms with Crippen LogP contribution in [0.2, 0.25) is 5.15 Å². The zero-order valence-electron chi connectivity index (χ0n) is 14.1. The Morgan fingerprint density at radius 2 is 1.88 bits per heavy atom. The first-order chi connectivity index (χ1) is 12.6. The van der Waals surface area contributed by atoms with Gasteiger partial charge >= 0.3 is 0 Å². The minimum atomic E-state index is -0.448. The molecule has 0 unspecified atom stereocenters. The Labute approximate surface area is 155 Å². The van der Waals surface area contributed by atoms with Gasteiger partial charge < -0.3 is 4.98 Å². The van der Waals surface area contributed by atoms with Crippen LogP contribution in [0.15, 0.2) is 49.1 Å². The van der Waals surface area contributed by atoms with E-state index >= 15 is 0 Å². The number of pyridine rings is 3. The molecule has 4 aromatic rings. The summed E-state index contributed by atoms with van der Waals surface area (Å²) in [5, 5.41) is 1.45. The first-order valence-electron chi connectivity index (χ1n) is 8.25. The number of nitrogens with one attached hydrogen (secondary N) is 1. The molecule has 0 saturated carbocycles. The lowest BCUT2D eigenvalue weighted by molar-refractivity contribution is 0.569. The van der Waals surface area contributed by atoms with E-state index in [1.54, 1.807) is 18.5 Å². The fourth-order valence-corrected chi connectivity index (χ4v) is 3.26. The summed E-state index contributed by atoms with van der Waals surface area (Å²) >= 11 is 5.93. The molecule has 0 amide bonds. The van der Waals surface area contributed by atoms with Gasteiger partial charge in [0.15, 0.2) is 0 Å². The predicted octanol–water partition coefficient (Wildman–Crippen LogP) is 4.64. The maximum absolute atomic E-state index is 14.3. The molecule has 4 aromatic heterocycles. The molecule has 0 aromatic carbocycles. The third-order valence-corrected chi connectivity index (χ3v) is 4.51. The van der Waals surface area contributed by atoms with Crippen LogP contribution in [0.4, 0.5) is 4.39 Å². The Morgan fingerprint density at radius 1 is 1.00 bits per heavy atom. The van der Waals surface area contributed by atoms with E-state index < -0.39 is 5.95 Å². The summed E-state index contributed by atoms with van der Waals surface area (Å²) in [6, 6.07) is 7.61. The zero-order chi connectivity index (χ0) is 18.1. The molecular weight excluding hydrogens is 351 g/mol. The molecule has 4 rings (SSSR count). The minimum absolute atomic E-state index is 0.444. The van der Waals surface area contributed by atoms with Crippen LogP contribution < -0.4 is 0 Å². The smallest absolute Gasteiger partial charge is 0.216 e. The normalized spacial score (nSPS) is 11.2. The second-order valence-electron chi connectivity index (χ2n) is 6.36. The molecule has 6 heteroatoms. The molecule has 0 aliphatic carbocycles. The second kappa shape index (κ2) is 6.84. The van der Waals surface area contributed by atoms with Gasteiger partial charge in [0.05, 0.1) is 0 Å². The number of aromatic amines is 1. The molecule has 0 bridgehead atoms. The van der Waals surface area contributed by atoms with Gasteiger partial charge in [-0.1, -0.05) is 11.6 Å². The topological polar surface area (TPSA) is 54.5 Å². The molecule has 4 nitrogen and oxygen atoms in total. The monoisotopic (exact) mass is 366 g/mol. The zero-order valence-corrected chi connectivity index (χ0v) is 14.9. The highest BCUT2D eigenvalue weighted by Gasteiger charge is 2.11. The van der Waals surface area contributed by atoms with E-state index in [9.17, 15) is 4.39 Å². The first-order valence-corrected chi connectivity index (χ1v) is 8.62. The highest BCUT2D eigenvalue weighted by molar-refractivity contribution is 6.29. The third-order valence-electron chi connectivity index (χ3n) is 4.30. The summed E-state index contributed by atoms with van der Waals surface area (Å²) < 4.78 is 14.3. The molecule has 0 radical (unpaired) electrons. The van der Waals surface area contributed by atoms with Crippen molar-refractivity contribution in [3.8, 4) is 0 Å². The largest absolute Gasteiger partial charge is 0.346 e. The number of nitrogens with zero attached hydrogens (tertiary/aromatic N) is 3. The first kappa shape index (κ1) is 16.7. The van der Waals surface area contributed by atoms with Crippen LogP contribution in [0, 0.1) is 12.9 Å². The number of fused-ring (bicyclic) bond motifs is 1. The van der Waals surface area contributed by atoms with Crippen molar-refractivity contribution in [3.63, 3.8) is 0 Å². The molecule has 130 valence electrons. The Bertz CT molecular complexity index is 1090. The summed E-state index contributed by atoms with van der Waals surface area (Å²) in [6.45, 7) is 1.99. The molecule has 0 saturated heterocycles. The maximum Gasteiger partial charge on any atom is 0.216 e. The lowest BCUT2D eigenvalue weighted by Crippen LogP contribution is -1.99. The Morgan fingerprint density at radius 3 is 2.73 bits per heavy atom. The van der Waals surface area contributed by atoms with Crippen LogP contribution in [-0.4, -0.2) is 19.9 Å². The molecule has 0 atom stereocenters. The number of aryl methyl sites for hydroxylation is 1. The van der Waals surface area contributed by atoms with Crippen molar-refractivity contribution < 1.29 is 4.39 Å². The van der Waals surface area contributed by atoms with Gasteiger partial charge in [-0.2, -0.15) is 4.39 Å². The standard InChI is InChI=1S/C20H16ClFN4/c1-12-4-17-16(11-26-20(17)25-9-12)8-15-6-14(10-24-19(15)22)5-13-2-3-23-18(21)7-13/h2-4,6-7,9-11H,5,8H2,1H3,(H,25,26).